The average molecular weight is 763 g/mol. The molecule has 6 nitrogen and oxygen atoms in total. The predicted octanol–water partition coefficient (Wildman–Crippen LogP) is 15.0. The third-order valence-corrected chi connectivity index (χ3v) is 10.5. The fraction of sp³-hybridized carbons (Fsp3) is 0.896. The van der Waals surface area contributed by atoms with E-state index in [0.29, 0.717) is 19.3 Å². The molecule has 0 saturated carbocycles. The van der Waals surface area contributed by atoms with Gasteiger partial charge in [-0.15, -0.1) is 0 Å². The van der Waals surface area contributed by atoms with Crippen LogP contribution < -0.4 is 0 Å². The van der Waals surface area contributed by atoms with Crippen LogP contribution in [0.15, 0.2) is 12.2 Å². The van der Waals surface area contributed by atoms with Crippen LogP contribution in [0.25, 0.3) is 0 Å². The zero-order valence-corrected chi connectivity index (χ0v) is 36.3. The molecular formula is C48H90O6. The van der Waals surface area contributed by atoms with Gasteiger partial charge in [0.25, 0.3) is 0 Å². The summed E-state index contributed by atoms with van der Waals surface area (Å²) in [7, 11) is 0. The Morgan fingerprint density at radius 2 is 0.611 bits per heavy atom. The Balaban J connectivity index is 4.17. The molecule has 0 heterocycles. The van der Waals surface area contributed by atoms with E-state index in [1.165, 1.54) is 154 Å². The lowest BCUT2D eigenvalue weighted by atomic mass is 10.0. The largest absolute Gasteiger partial charge is 0.462 e. The fourth-order valence-electron chi connectivity index (χ4n) is 6.91. The molecule has 0 aliphatic rings. The van der Waals surface area contributed by atoms with Gasteiger partial charge in [-0.3, -0.25) is 14.4 Å². The highest BCUT2D eigenvalue weighted by Gasteiger charge is 2.19. The zero-order chi connectivity index (χ0) is 39.4. The van der Waals surface area contributed by atoms with Crippen molar-refractivity contribution in [1.29, 1.82) is 0 Å². The van der Waals surface area contributed by atoms with E-state index in [1.54, 1.807) is 0 Å². The maximum Gasteiger partial charge on any atom is 0.306 e. The molecule has 0 aromatic heterocycles. The summed E-state index contributed by atoms with van der Waals surface area (Å²) in [5.74, 6) is -0.879. The van der Waals surface area contributed by atoms with Crippen LogP contribution in [0, 0.1) is 0 Å². The summed E-state index contributed by atoms with van der Waals surface area (Å²) in [5.41, 5.74) is 0. The van der Waals surface area contributed by atoms with Gasteiger partial charge in [0.1, 0.15) is 13.2 Å². The minimum absolute atomic E-state index is 0.0696. The van der Waals surface area contributed by atoms with Gasteiger partial charge in [-0.05, 0) is 44.9 Å². The Labute approximate surface area is 335 Å². The number of carbonyl (C=O) groups is 3. The highest BCUT2D eigenvalue weighted by Crippen LogP contribution is 2.16. The van der Waals surface area contributed by atoms with E-state index in [4.69, 9.17) is 14.2 Å². The van der Waals surface area contributed by atoms with Gasteiger partial charge in [-0.1, -0.05) is 206 Å². The molecule has 0 rings (SSSR count). The fourth-order valence-corrected chi connectivity index (χ4v) is 6.91. The van der Waals surface area contributed by atoms with E-state index in [1.807, 2.05) is 0 Å². The Morgan fingerprint density at radius 3 is 0.963 bits per heavy atom. The first-order valence-electron chi connectivity index (χ1n) is 23.7. The van der Waals surface area contributed by atoms with Crippen LogP contribution in [0.1, 0.15) is 258 Å². The first kappa shape index (κ1) is 52.2. The number of ether oxygens (including phenoxy) is 3. The molecule has 0 spiro atoms. The van der Waals surface area contributed by atoms with Crippen molar-refractivity contribution in [2.24, 2.45) is 0 Å². The van der Waals surface area contributed by atoms with Crippen LogP contribution in [0.4, 0.5) is 0 Å². The minimum Gasteiger partial charge on any atom is -0.462 e. The number of carbonyl (C=O) groups excluding carboxylic acids is 3. The maximum atomic E-state index is 12.7. The monoisotopic (exact) mass is 763 g/mol. The van der Waals surface area contributed by atoms with E-state index in [2.05, 4.69) is 32.9 Å². The van der Waals surface area contributed by atoms with Crippen molar-refractivity contribution < 1.29 is 28.6 Å². The molecule has 0 aromatic rings. The van der Waals surface area contributed by atoms with Crippen LogP contribution in [0.3, 0.4) is 0 Å². The molecule has 0 aromatic carbocycles. The van der Waals surface area contributed by atoms with Gasteiger partial charge in [0, 0.05) is 19.3 Å². The quantitative estimate of drug-likeness (QED) is 0.0266. The molecule has 0 aliphatic heterocycles. The highest BCUT2D eigenvalue weighted by atomic mass is 16.6. The first-order valence-corrected chi connectivity index (χ1v) is 23.7. The molecule has 0 amide bonds. The van der Waals surface area contributed by atoms with Crippen LogP contribution in [0.5, 0.6) is 0 Å². The maximum absolute atomic E-state index is 12.7. The summed E-state index contributed by atoms with van der Waals surface area (Å²) in [6.07, 6.45) is 46.5. The van der Waals surface area contributed by atoms with Gasteiger partial charge in [-0.2, -0.15) is 0 Å². The predicted molar refractivity (Wildman–Crippen MR) is 229 cm³/mol. The summed E-state index contributed by atoms with van der Waals surface area (Å²) in [5, 5.41) is 0. The number of allylic oxidation sites excluding steroid dienone is 2. The third kappa shape index (κ3) is 41.3. The summed E-state index contributed by atoms with van der Waals surface area (Å²) in [6.45, 7) is 6.57. The SMILES string of the molecule is CCCCC/C=C\CCCCCCCC(=O)OC(COC(=O)CCCCCCCC)COC(=O)CCCCCCCCCCCCCCCCCCCC. The lowest BCUT2D eigenvalue weighted by Crippen LogP contribution is -2.30. The van der Waals surface area contributed by atoms with E-state index >= 15 is 0 Å². The summed E-state index contributed by atoms with van der Waals surface area (Å²) < 4.78 is 16.6. The molecule has 318 valence electrons. The smallest absolute Gasteiger partial charge is 0.306 e. The molecule has 6 heteroatoms. The minimum atomic E-state index is -0.764. The molecule has 54 heavy (non-hydrogen) atoms. The second kappa shape index (κ2) is 43.9. The second-order valence-electron chi connectivity index (χ2n) is 16.0. The van der Waals surface area contributed by atoms with Crippen LogP contribution in [-0.2, 0) is 28.6 Å². The molecule has 0 radical (unpaired) electrons. The number of hydrogen-bond acceptors (Lipinski definition) is 6. The average Bonchev–Trinajstić information content (AvgIpc) is 3.17. The standard InChI is InChI=1S/C48H90O6/c1-4-7-10-13-16-18-20-22-23-24-25-26-27-29-30-32-35-38-41-47(50)53-44-45(43-52-46(49)40-37-34-15-12-9-6-3)54-48(51)42-39-36-33-31-28-21-19-17-14-11-8-5-2/h17,19,45H,4-16,18,20-44H2,1-3H3/b19-17-. The lowest BCUT2D eigenvalue weighted by molar-refractivity contribution is -0.167. The van der Waals surface area contributed by atoms with Crippen molar-refractivity contribution in [3.05, 3.63) is 12.2 Å². The second-order valence-corrected chi connectivity index (χ2v) is 16.0. The topological polar surface area (TPSA) is 78.9 Å². The zero-order valence-electron chi connectivity index (χ0n) is 36.3. The van der Waals surface area contributed by atoms with Crippen LogP contribution >= 0.6 is 0 Å². The molecule has 0 N–H and O–H groups in total. The van der Waals surface area contributed by atoms with Crippen molar-refractivity contribution in [3.8, 4) is 0 Å². The number of unbranched alkanes of at least 4 members (excludes halogenated alkanes) is 30. The van der Waals surface area contributed by atoms with E-state index in [0.717, 1.165) is 64.2 Å². The normalized spacial score (nSPS) is 12.0. The molecule has 1 unspecified atom stereocenters. The number of hydrogen-bond donors (Lipinski definition) is 0. The van der Waals surface area contributed by atoms with Gasteiger partial charge in [-0.25, -0.2) is 0 Å². The molecule has 0 aliphatic carbocycles. The van der Waals surface area contributed by atoms with Gasteiger partial charge in [0.2, 0.25) is 0 Å². The summed E-state index contributed by atoms with van der Waals surface area (Å²) >= 11 is 0. The van der Waals surface area contributed by atoms with E-state index < -0.39 is 6.10 Å². The van der Waals surface area contributed by atoms with E-state index in [-0.39, 0.29) is 31.1 Å². The van der Waals surface area contributed by atoms with Crippen molar-refractivity contribution in [3.63, 3.8) is 0 Å². The molecule has 0 bridgehead atoms. The number of rotatable bonds is 43. The van der Waals surface area contributed by atoms with Crippen molar-refractivity contribution in [1.82, 2.24) is 0 Å². The highest BCUT2D eigenvalue weighted by molar-refractivity contribution is 5.71. The van der Waals surface area contributed by atoms with Gasteiger partial charge < -0.3 is 14.2 Å². The summed E-state index contributed by atoms with van der Waals surface area (Å²) in [6, 6.07) is 0. The Hall–Kier alpha value is -1.85. The van der Waals surface area contributed by atoms with Gasteiger partial charge in [0.05, 0.1) is 0 Å². The number of esters is 3. The van der Waals surface area contributed by atoms with Crippen molar-refractivity contribution in [2.45, 2.75) is 264 Å². The Bertz CT molecular complexity index is 839. The molecule has 0 fully saturated rings. The Morgan fingerprint density at radius 1 is 0.352 bits per heavy atom. The van der Waals surface area contributed by atoms with Crippen molar-refractivity contribution >= 4 is 17.9 Å². The van der Waals surface area contributed by atoms with Crippen LogP contribution in [-0.4, -0.2) is 37.2 Å². The van der Waals surface area contributed by atoms with E-state index in [9.17, 15) is 14.4 Å². The lowest BCUT2D eigenvalue weighted by Gasteiger charge is -2.18. The van der Waals surface area contributed by atoms with Gasteiger partial charge in [0.15, 0.2) is 6.10 Å². The van der Waals surface area contributed by atoms with Gasteiger partial charge >= 0.3 is 17.9 Å². The molecular weight excluding hydrogens is 673 g/mol. The Kier molecular flexibility index (Phi) is 42.4. The van der Waals surface area contributed by atoms with Crippen LogP contribution in [0.2, 0.25) is 0 Å². The molecule has 1 atom stereocenters. The summed E-state index contributed by atoms with van der Waals surface area (Å²) in [4.78, 5) is 37.6. The first-order chi connectivity index (χ1) is 26.5. The third-order valence-electron chi connectivity index (χ3n) is 10.5. The molecule has 0 saturated heterocycles. The van der Waals surface area contributed by atoms with Crippen molar-refractivity contribution in [2.75, 3.05) is 13.2 Å².